The molecule has 118 valence electrons. The molecular weight excluding hydrogens is 310 g/mol. The molecule has 1 aliphatic rings. The molecule has 0 saturated carbocycles. The lowest BCUT2D eigenvalue weighted by Crippen LogP contribution is -2.47. The van der Waals surface area contributed by atoms with E-state index in [0.29, 0.717) is 5.70 Å². The van der Waals surface area contributed by atoms with Crippen molar-refractivity contribution in [3.63, 3.8) is 0 Å². The summed E-state index contributed by atoms with van der Waals surface area (Å²) in [6.07, 6.45) is 0. The zero-order valence-electron chi connectivity index (χ0n) is 12.4. The van der Waals surface area contributed by atoms with Crippen molar-refractivity contribution < 1.29 is 18.3 Å². The Kier molecular flexibility index (Phi) is 4.75. The monoisotopic (exact) mass is 326 g/mol. The molecule has 0 radical (unpaired) electrons. The maximum absolute atomic E-state index is 14.1. The number of allylic oxidation sites excluding steroid dienone is 1. The topological polar surface area (TPSA) is 50.4 Å². The Bertz CT molecular complexity index is 659. The van der Waals surface area contributed by atoms with E-state index in [-0.39, 0.29) is 22.2 Å². The second-order valence-electron chi connectivity index (χ2n) is 5.17. The van der Waals surface area contributed by atoms with Crippen LogP contribution in [-0.2, 0) is 9.53 Å². The number of halogens is 2. The summed E-state index contributed by atoms with van der Waals surface area (Å²) in [7, 11) is 1.25. The van der Waals surface area contributed by atoms with E-state index in [4.69, 9.17) is 17.0 Å². The number of hydrogen-bond acceptors (Lipinski definition) is 3. The van der Waals surface area contributed by atoms with Crippen molar-refractivity contribution in [1.82, 2.24) is 10.6 Å². The summed E-state index contributed by atoms with van der Waals surface area (Å²) >= 11 is 5.12. The number of ether oxygens (including phenoxy) is 1. The van der Waals surface area contributed by atoms with Crippen molar-refractivity contribution in [1.29, 1.82) is 0 Å². The number of esters is 1. The average Bonchev–Trinajstić information content (AvgIpc) is 2.45. The summed E-state index contributed by atoms with van der Waals surface area (Å²) in [5.74, 6) is -2.10. The lowest BCUT2D eigenvalue weighted by atomic mass is 9.91. The lowest BCUT2D eigenvalue weighted by Gasteiger charge is -2.32. The SMILES string of the molecule is COC(=O)C1=C(C(C)C)NC(=S)N[C@@H]1c1ccc(F)cc1F. The van der Waals surface area contributed by atoms with Crippen LogP contribution in [0.2, 0.25) is 0 Å². The van der Waals surface area contributed by atoms with Crippen molar-refractivity contribution in [3.8, 4) is 0 Å². The average molecular weight is 326 g/mol. The minimum atomic E-state index is -0.834. The number of carbonyl (C=O) groups is 1. The highest BCUT2D eigenvalue weighted by atomic mass is 32.1. The normalized spacial score (nSPS) is 18.1. The minimum Gasteiger partial charge on any atom is -0.466 e. The predicted octanol–water partition coefficient (Wildman–Crippen LogP) is 2.57. The molecule has 1 aliphatic heterocycles. The number of methoxy groups -OCH3 is 1. The Balaban J connectivity index is 2.62. The molecule has 7 heteroatoms. The second kappa shape index (κ2) is 6.39. The van der Waals surface area contributed by atoms with Gasteiger partial charge >= 0.3 is 5.97 Å². The van der Waals surface area contributed by atoms with Crippen molar-refractivity contribution in [2.45, 2.75) is 19.9 Å². The zero-order chi connectivity index (χ0) is 16.4. The van der Waals surface area contributed by atoms with Gasteiger partial charge in [0.15, 0.2) is 5.11 Å². The van der Waals surface area contributed by atoms with Crippen LogP contribution < -0.4 is 10.6 Å². The van der Waals surface area contributed by atoms with E-state index < -0.39 is 23.6 Å². The van der Waals surface area contributed by atoms with Crippen LogP contribution in [0.25, 0.3) is 0 Å². The molecule has 0 unspecified atom stereocenters. The first-order valence-corrected chi connectivity index (χ1v) is 7.10. The number of thiocarbonyl (C=S) groups is 1. The smallest absolute Gasteiger partial charge is 0.337 e. The van der Waals surface area contributed by atoms with E-state index in [2.05, 4.69) is 10.6 Å². The fraction of sp³-hybridized carbons (Fsp3) is 0.333. The third-order valence-electron chi connectivity index (χ3n) is 3.36. The first-order chi connectivity index (χ1) is 10.3. The molecule has 22 heavy (non-hydrogen) atoms. The molecule has 4 nitrogen and oxygen atoms in total. The Morgan fingerprint density at radius 3 is 2.59 bits per heavy atom. The molecule has 0 spiro atoms. The van der Waals surface area contributed by atoms with Gasteiger partial charge in [0, 0.05) is 17.3 Å². The van der Waals surface area contributed by atoms with Crippen molar-refractivity contribution in [2.75, 3.05) is 7.11 Å². The lowest BCUT2D eigenvalue weighted by molar-refractivity contribution is -0.136. The number of carbonyl (C=O) groups excluding carboxylic acids is 1. The van der Waals surface area contributed by atoms with Gasteiger partial charge < -0.3 is 15.4 Å². The summed E-state index contributed by atoms with van der Waals surface area (Å²) in [6.45, 7) is 3.74. The first-order valence-electron chi connectivity index (χ1n) is 6.70. The summed E-state index contributed by atoms with van der Waals surface area (Å²) in [5, 5.41) is 6.03. The fourth-order valence-corrected chi connectivity index (χ4v) is 2.57. The molecule has 1 heterocycles. The standard InChI is InChI=1S/C15H16F2N2O2S/c1-7(2)12-11(14(20)21-3)13(19-15(22)18-12)9-5-4-8(16)6-10(9)17/h4-7,13H,1-3H3,(H2,18,19,22)/t13-/m1/s1. The van der Waals surface area contributed by atoms with Gasteiger partial charge in [-0.15, -0.1) is 0 Å². The number of nitrogens with one attached hydrogen (secondary N) is 2. The van der Waals surface area contributed by atoms with E-state index in [1.165, 1.54) is 13.2 Å². The predicted molar refractivity (Wildman–Crippen MR) is 81.8 cm³/mol. The van der Waals surface area contributed by atoms with Crippen LogP contribution in [0.3, 0.4) is 0 Å². The Morgan fingerprint density at radius 1 is 1.36 bits per heavy atom. The Labute approximate surface area is 132 Å². The number of rotatable bonds is 3. The molecular formula is C15H16F2N2O2S. The minimum absolute atomic E-state index is 0.0554. The van der Waals surface area contributed by atoms with Gasteiger partial charge in [0.2, 0.25) is 0 Å². The third-order valence-corrected chi connectivity index (χ3v) is 3.58. The van der Waals surface area contributed by atoms with E-state index in [1.54, 1.807) is 0 Å². The van der Waals surface area contributed by atoms with Crippen LogP contribution in [0.15, 0.2) is 29.5 Å². The fourth-order valence-electron chi connectivity index (χ4n) is 2.35. The van der Waals surface area contributed by atoms with Crippen LogP contribution in [0.5, 0.6) is 0 Å². The van der Waals surface area contributed by atoms with Crippen molar-refractivity contribution >= 4 is 23.3 Å². The van der Waals surface area contributed by atoms with Gasteiger partial charge in [-0.1, -0.05) is 19.9 Å². The van der Waals surface area contributed by atoms with Crippen LogP contribution in [0.1, 0.15) is 25.5 Å². The first kappa shape index (κ1) is 16.4. The van der Waals surface area contributed by atoms with E-state index in [1.807, 2.05) is 13.8 Å². The highest BCUT2D eigenvalue weighted by molar-refractivity contribution is 7.80. The quantitative estimate of drug-likeness (QED) is 0.660. The molecule has 2 rings (SSSR count). The van der Waals surface area contributed by atoms with Gasteiger partial charge in [-0.25, -0.2) is 13.6 Å². The van der Waals surface area contributed by atoms with Gasteiger partial charge in [-0.3, -0.25) is 0 Å². The zero-order valence-corrected chi connectivity index (χ0v) is 13.2. The van der Waals surface area contributed by atoms with E-state index in [0.717, 1.165) is 12.1 Å². The molecule has 2 N–H and O–H groups in total. The highest BCUT2D eigenvalue weighted by Crippen LogP contribution is 2.31. The molecule has 1 atom stereocenters. The van der Waals surface area contributed by atoms with Gasteiger partial charge in [0.05, 0.1) is 18.7 Å². The van der Waals surface area contributed by atoms with Gasteiger partial charge in [-0.05, 0) is 24.2 Å². The van der Waals surface area contributed by atoms with Crippen LogP contribution in [0, 0.1) is 17.6 Å². The Morgan fingerprint density at radius 2 is 2.05 bits per heavy atom. The number of hydrogen-bond donors (Lipinski definition) is 2. The molecule has 1 aromatic carbocycles. The largest absolute Gasteiger partial charge is 0.466 e. The summed E-state index contributed by atoms with van der Waals surface area (Å²) in [4.78, 5) is 12.2. The van der Waals surface area contributed by atoms with Crippen LogP contribution in [-0.4, -0.2) is 18.2 Å². The molecule has 0 amide bonds. The molecule has 0 fully saturated rings. The Hall–Kier alpha value is -2.02. The van der Waals surface area contributed by atoms with Crippen LogP contribution in [0.4, 0.5) is 8.78 Å². The maximum Gasteiger partial charge on any atom is 0.337 e. The molecule has 1 aromatic rings. The summed E-state index contributed by atoms with van der Waals surface area (Å²) in [6, 6.07) is 2.36. The highest BCUT2D eigenvalue weighted by Gasteiger charge is 2.34. The summed E-state index contributed by atoms with van der Waals surface area (Å²) in [5.41, 5.74) is 0.921. The second-order valence-corrected chi connectivity index (χ2v) is 5.58. The molecule has 0 aromatic heterocycles. The summed E-state index contributed by atoms with van der Waals surface area (Å²) < 4.78 is 32.0. The van der Waals surface area contributed by atoms with Crippen molar-refractivity contribution in [2.24, 2.45) is 5.92 Å². The third kappa shape index (κ3) is 3.09. The molecule has 0 aliphatic carbocycles. The van der Waals surface area contributed by atoms with Crippen molar-refractivity contribution in [3.05, 3.63) is 46.7 Å². The van der Waals surface area contributed by atoms with E-state index in [9.17, 15) is 13.6 Å². The van der Waals surface area contributed by atoms with Gasteiger partial charge in [0.1, 0.15) is 11.6 Å². The number of benzene rings is 1. The van der Waals surface area contributed by atoms with Gasteiger partial charge in [-0.2, -0.15) is 0 Å². The maximum atomic E-state index is 14.1. The molecule has 0 saturated heterocycles. The van der Waals surface area contributed by atoms with E-state index >= 15 is 0 Å². The molecule has 0 bridgehead atoms. The van der Waals surface area contributed by atoms with Crippen LogP contribution >= 0.6 is 12.2 Å². The van der Waals surface area contributed by atoms with Gasteiger partial charge in [0.25, 0.3) is 0 Å².